The first-order valence-electron chi connectivity index (χ1n) is 4.72. The molecule has 1 rings (SSSR count). The monoisotopic (exact) mass is 246 g/mol. The Kier molecular flexibility index (Phi) is 3.71. The van der Waals surface area contributed by atoms with E-state index in [1.54, 1.807) is 13.8 Å². The molecule has 7 heteroatoms. The predicted octanol–water partition coefficient (Wildman–Crippen LogP) is 0.402. The summed E-state index contributed by atoms with van der Waals surface area (Å²) in [6.45, 7) is 3.27. The maximum absolute atomic E-state index is 11.7. The Morgan fingerprint density at radius 1 is 1.50 bits per heavy atom. The molecule has 0 saturated heterocycles. The molecule has 0 radical (unpaired) electrons. The van der Waals surface area contributed by atoms with E-state index >= 15 is 0 Å². The number of hydrogen-bond donors (Lipinski definition) is 3. The molecule has 0 aliphatic carbocycles. The van der Waals surface area contributed by atoms with Crippen LogP contribution >= 0.6 is 0 Å². The van der Waals surface area contributed by atoms with Crippen LogP contribution in [-0.2, 0) is 14.8 Å². The normalized spacial score (nSPS) is 13.9. The minimum atomic E-state index is -3.77. The van der Waals surface area contributed by atoms with E-state index in [-0.39, 0.29) is 10.8 Å². The van der Waals surface area contributed by atoms with Crippen molar-refractivity contribution in [3.63, 3.8) is 0 Å². The van der Waals surface area contributed by atoms with E-state index in [2.05, 4.69) is 9.71 Å². The third kappa shape index (κ3) is 2.83. The van der Waals surface area contributed by atoms with Crippen molar-refractivity contribution in [2.45, 2.75) is 24.8 Å². The molecular weight excluding hydrogens is 232 g/mol. The zero-order chi connectivity index (χ0) is 12.3. The lowest BCUT2D eigenvalue weighted by molar-refractivity contribution is -0.140. The molecule has 1 aromatic heterocycles. The number of carbonyl (C=O) groups is 1. The fraction of sp³-hybridized carbons (Fsp3) is 0.444. The van der Waals surface area contributed by atoms with Gasteiger partial charge in [0.15, 0.2) is 0 Å². The Balaban J connectivity index is 2.92. The van der Waals surface area contributed by atoms with Gasteiger partial charge in [0, 0.05) is 12.4 Å². The Labute approximate surface area is 93.7 Å². The average Bonchev–Trinajstić information content (AvgIpc) is 2.66. The molecule has 1 aromatic rings. The second kappa shape index (κ2) is 4.67. The molecule has 3 N–H and O–H groups in total. The fourth-order valence-corrected chi connectivity index (χ4v) is 2.50. The van der Waals surface area contributed by atoms with Gasteiger partial charge >= 0.3 is 5.97 Å². The maximum atomic E-state index is 11.7. The molecule has 0 spiro atoms. The second-order valence-electron chi connectivity index (χ2n) is 3.73. The highest BCUT2D eigenvalue weighted by atomic mass is 32.2. The zero-order valence-corrected chi connectivity index (χ0v) is 9.78. The van der Waals surface area contributed by atoms with Crippen LogP contribution in [0.25, 0.3) is 0 Å². The van der Waals surface area contributed by atoms with Crippen LogP contribution in [-0.4, -0.2) is 30.5 Å². The van der Waals surface area contributed by atoms with E-state index in [9.17, 15) is 13.2 Å². The summed E-state index contributed by atoms with van der Waals surface area (Å²) >= 11 is 0. The lowest BCUT2D eigenvalue weighted by Crippen LogP contribution is -2.44. The van der Waals surface area contributed by atoms with Crippen molar-refractivity contribution in [1.29, 1.82) is 0 Å². The summed E-state index contributed by atoms with van der Waals surface area (Å²) in [5.74, 6) is -1.51. The number of aromatic nitrogens is 1. The molecule has 0 bridgehead atoms. The fourth-order valence-electron chi connectivity index (χ4n) is 1.18. The maximum Gasteiger partial charge on any atom is 0.322 e. The molecule has 0 fully saturated rings. The van der Waals surface area contributed by atoms with Crippen LogP contribution in [0, 0.1) is 5.92 Å². The SMILES string of the molecule is CC(C)[C@@H](NS(=O)(=O)c1cc[nH]c1)C(=O)O. The van der Waals surface area contributed by atoms with Crippen LogP contribution in [0.3, 0.4) is 0 Å². The first-order valence-corrected chi connectivity index (χ1v) is 6.21. The standard InChI is InChI=1S/C9H14N2O4S/c1-6(2)8(9(12)13)11-16(14,15)7-3-4-10-5-7/h3-6,8,10-11H,1-2H3,(H,12,13)/t8-/m1/s1. The van der Waals surface area contributed by atoms with Crippen molar-refractivity contribution >= 4 is 16.0 Å². The zero-order valence-electron chi connectivity index (χ0n) is 8.97. The summed E-state index contributed by atoms with van der Waals surface area (Å²) in [5, 5.41) is 8.87. The van der Waals surface area contributed by atoms with Crippen LogP contribution in [0.15, 0.2) is 23.4 Å². The highest BCUT2D eigenvalue weighted by Gasteiger charge is 2.27. The van der Waals surface area contributed by atoms with Crippen molar-refractivity contribution in [3.05, 3.63) is 18.5 Å². The molecule has 16 heavy (non-hydrogen) atoms. The van der Waals surface area contributed by atoms with E-state index in [1.165, 1.54) is 18.5 Å². The molecule has 0 aromatic carbocycles. The number of aliphatic carboxylic acids is 1. The lowest BCUT2D eigenvalue weighted by atomic mass is 10.1. The van der Waals surface area contributed by atoms with E-state index in [0.717, 1.165) is 0 Å². The third-order valence-corrected chi connectivity index (χ3v) is 3.53. The molecule has 0 aliphatic heterocycles. The van der Waals surface area contributed by atoms with Gasteiger partial charge in [0.2, 0.25) is 10.0 Å². The molecule has 90 valence electrons. The number of H-pyrrole nitrogens is 1. The quantitative estimate of drug-likeness (QED) is 0.700. The Morgan fingerprint density at radius 2 is 2.12 bits per heavy atom. The predicted molar refractivity (Wildman–Crippen MR) is 57.4 cm³/mol. The van der Waals surface area contributed by atoms with E-state index in [4.69, 9.17) is 5.11 Å². The van der Waals surface area contributed by atoms with Crippen molar-refractivity contribution in [2.24, 2.45) is 5.92 Å². The number of aromatic amines is 1. The summed E-state index contributed by atoms with van der Waals surface area (Å²) in [6.07, 6.45) is 2.75. The molecule has 1 atom stereocenters. The van der Waals surface area contributed by atoms with Gasteiger partial charge in [-0.15, -0.1) is 0 Å². The smallest absolute Gasteiger partial charge is 0.322 e. The van der Waals surface area contributed by atoms with Crippen molar-refractivity contribution < 1.29 is 18.3 Å². The van der Waals surface area contributed by atoms with Gasteiger partial charge in [-0.3, -0.25) is 4.79 Å². The molecule has 1 heterocycles. The van der Waals surface area contributed by atoms with Gasteiger partial charge in [0.1, 0.15) is 6.04 Å². The summed E-state index contributed by atoms with van der Waals surface area (Å²) in [6, 6.07) is 0.238. The minimum absolute atomic E-state index is 0.0272. The highest BCUT2D eigenvalue weighted by Crippen LogP contribution is 2.10. The van der Waals surface area contributed by atoms with Gasteiger partial charge in [-0.05, 0) is 12.0 Å². The van der Waals surface area contributed by atoms with E-state index in [1.807, 2.05) is 0 Å². The molecular formula is C9H14N2O4S. The Bertz CT molecular complexity index is 450. The van der Waals surface area contributed by atoms with Gasteiger partial charge in [-0.2, -0.15) is 4.72 Å². The Hall–Kier alpha value is -1.34. The van der Waals surface area contributed by atoms with Crippen LogP contribution in [0.1, 0.15) is 13.8 Å². The summed E-state index contributed by atoms with van der Waals surface area (Å²) in [4.78, 5) is 13.5. The minimum Gasteiger partial charge on any atom is -0.480 e. The number of carboxylic acids is 1. The van der Waals surface area contributed by atoms with Crippen molar-refractivity contribution in [2.75, 3.05) is 0 Å². The van der Waals surface area contributed by atoms with Gasteiger partial charge in [-0.25, -0.2) is 8.42 Å². The van der Waals surface area contributed by atoms with Gasteiger partial charge in [-0.1, -0.05) is 13.8 Å². The number of sulfonamides is 1. The number of carboxylic acid groups (broad SMARTS) is 1. The molecule has 0 unspecified atom stereocenters. The molecule has 0 aliphatic rings. The van der Waals surface area contributed by atoms with Gasteiger partial charge in [0.05, 0.1) is 4.90 Å². The van der Waals surface area contributed by atoms with Crippen LogP contribution in [0.4, 0.5) is 0 Å². The first kappa shape index (κ1) is 12.7. The van der Waals surface area contributed by atoms with Crippen LogP contribution in [0.5, 0.6) is 0 Å². The van der Waals surface area contributed by atoms with Crippen LogP contribution < -0.4 is 4.72 Å². The second-order valence-corrected chi connectivity index (χ2v) is 5.44. The summed E-state index contributed by atoms with van der Waals surface area (Å²) in [5.41, 5.74) is 0. The highest BCUT2D eigenvalue weighted by molar-refractivity contribution is 7.89. The van der Waals surface area contributed by atoms with Crippen molar-refractivity contribution in [1.82, 2.24) is 9.71 Å². The number of hydrogen-bond acceptors (Lipinski definition) is 3. The lowest BCUT2D eigenvalue weighted by Gasteiger charge is -2.17. The average molecular weight is 246 g/mol. The Morgan fingerprint density at radius 3 is 2.50 bits per heavy atom. The molecule has 0 amide bonds. The summed E-state index contributed by atoms with van der Waals surface area (Å²) < 4.78 is 25.6. The molecule has 6 nitrogen and oxygen atoms in total. The molecule has 0 saturated carbocycles. The number of nitrogens with one attached hydrogen (secondary N) is 2. The summed E-state index contributed by atoms with van der Waals surface area (Å²) in [7, 11) is -3.77. The van der Waals surface area contributed by atoms with Gasteiger partial charge < -0.3 is 10.1 Å². The van der Waals surface area contributed by atoms with E-state index in [0.29, 0.717) is 0 Å². The van der Waals surface area contributed by atoms with Gasteiger partial charge in [0.25, 0.3) is 0 Å². The number of rotatable bonds is 5. The van der Waals surface area contributed by atoms with Crippen LogP contribution in [0.2, 0.25) is 0 Å². The first-order chi connectivity index (χ1) is 7.34. The van der Waals surface area contributed by atoms with Crippen molar-refractivity contribution in [3.8, 4) is 0 Å². The largest absolute Gasteiger partial charge is 0.480 e. The third-order valence-electron chi connectivity index (χ3n) is 2.09. The van der Waals surface area contributed by atoms with E-state index < -0.39 is 22.0 Å². The topological polar surface area (TPSA) is 99.3 Å².